The minimum Gasteiger partial charge on any atom is -0.354 e. The van der Waals surface area contributed by atoms with E-state index in [0.717, 1.165) is 37.5 Å². The van der Waals surface area contributed by atoms with Gasteiger partial charge in [0.2, 0.25) is 5.91 Å². The van der Waals surface area contributed by atoms with Gasteiger partial charge in [-0.2, -0.15) is 0 Å². The van der Waals surface area contributed by atoms with Crippen LogP contribution in [0.1, 0.15) is 23.3 Å². The van der Waals surface area contributed by atoms with E-state index in [9.17, 15) is 4.79 Å². The lowest BCUT2D eigenvalue weighted by molar-refractivity contribution is -0.127. The summed E-state index contributed by atoms with van der Waals surface area (Å²) in [7, 11) is 3.50. The molecule has 9 heteroatoms. The Morgan fingerprint density at radius 2 is 1.94 bits per heavy atom. The van der Waals surface area contributed by atoms with Gasteiger partial charge in [0, 0.05) is 49.7 Å². The fourth-order valence-electron chi connectivity index (χ4n) is 3.30. The minimum absolute atomic E-state index is 0. The zero-order valence-corrected chi connectivity index (χ0v) is 21.9. The highest BCUT2D eigenvalue weighted by atomic mass is 127. The number of carbonyl (C=O) groups is 1. The Bertz CT molecular complexity index is 821. The summed E-state index contributed by atoms with van der Waals surface area (Å²) in [6.07, 6.45) is 2.07. The molecule has 0 atom stereocenters. The summed E-state index contributed by atoms with van der Waals surface area (Å²) in [5, 5.41) is 9.74. The molecule has 1 saturated heterocycles. The molecule has 0 saturated carbocycles. The molecule has 1 aromatic heterocycles. The number of nitrogens with zero attached hydrogens (tertiary/aromatic N) is 3. The third kappa shape index (κ3) is 8.96. The van der Waals surface area contributed by atoms with Crippen LogP contribution in [0.4, 0.5) is 0 Å². The predicted molar refractivity (Wildman–Crippen MR) is 140 cm³/mol. The summed E-state index contributed by atoms with van der Waals surface area (Å²) in [5.74, 6) is 0.694. The molecule has 1 aromatic carbocycles. The standard InChI is InChI=1S/C22H30ClN5OS.HI/c1-27(2)21(29)15-25-22(24-14-20-4-3-13-30-20)26-19-9-11-28(12-10-19)16-17-5-7-18(23)8-6-17;/h3-8,13,19H,9-12,14-16H2,1-2H3,(H2,24,25,26);1H. The number of thiophene rings is 1. The van der Waals surface area contributed by atoms with Crippen molar-refractivity contribution in [2.45, 2.75) is 32.0 Å². The van der Waals surface area contributed by atoms with Crippen LogP contribution in [0.3, 0.4) is 0 Å². The van der Waals surface area contributed by atoms with Gasteiger partial charge in [-0.3, -0.25) is 9.69 Å². The summed E-state index contributed by atoms with van der Waals surface area (Å²) in [6, 6.07) is 12.6. The Hall–Kier alpha value is -1.36. The molecule has 0 bridgehead atoms. The SMILES string of the molecule is CN(C)C(=O)CN=C(NCc1cccs1)NC1CCN(Cc2ccc(Cl)cc2)CC1.I. The molecule has 2 aromatic rings. The molecule has 31 heavy (non-hydrogen) atoms. The molecule has 2 heterocycles. The number of carbonyl (C=O) groups excluding carboxylic acids is 1. The lowest BCUT2D eigenvalue weighted by atomic mass is 10.0. The molecule has 1 aliphatic rings. The number of hydrogen-bond acceptors (Lipinski definition) is 4. The Balaban J connectivity index is 0.00000341. The van der Waals surface area contributed by atoms with Gasteiger partial charge in [-0.25, -0.2) is 4.99 Å². The molecule has 1 fully saturated rings. The maximum absolute atomic E-state index is 12.0. The molecule has 0 spiro atoms. The van der Waals surface area contributed by atoms with Crippen LogP contribution < -0.4 is 10.6 Å². The van der Waals surface area contributed by atoms with Gasteiger partial charge in [-0.15, -0.1) is 35.3 Å². The maximum atomic E-state index is 12.0. The van der Waals surface area contributed by atoms with Crippen molar-refractivity contribution in [1.82, 2.24) is 20.4 Å². The van der Waals surface area contributed by atoms with Crippen LogP contribution in [-0.4, -0.2) is 61.4 Å². The molecule has 6 nitrogen and oxygen atoms in total. The van der Waals surface area contributed by atoms with E-state index in [0.29, 0.717) is 18.5 Å². The number of hydrogen-bond donors (Lipinski definition) is 2. The predicted octanol–water partition coefficient (Wildman–Crippen LogP) is 3.81. The highest BCUT2D eigenvalue weighted by Gasteiger charge is 2.20. The fourth-order valence-corrected chi connectivity index (χ4v) is 4.07. The van der Waals surface area contributed by atoms with Crippen molar-refractivity contribution in [3.8, 4) is 0 Å². The first-order valence-electron chi connectivity index (χ1n) is 10.2. The van der Waals surface area contributed by atoms with Gasteiger partial charge in [-0.05, 0) is 42.0 Å². The fraction of sp³-hybridized carbons (Fsp3) is 0.455. The zero-order valence-electron chi connectivity index (χ0n) is 18.0. The molecule has 1 aliphatic heterocycles. The van der Waals surface area contributed by atoms with Crippen LogP contribution in [0, 0.1) is 0 Å². The topological polar surface area (TPSA) is 60.0 Å². The minimum atomic E-state index is -0.00925. The lowest BCUT2D eigenvalue weighted by Gasteiger charge is -2.33. The van der Waals surface area contributed by atoms with Gasteiger partial charge in [0.15, 0.2) is 5.96 Å². The first kappa shape index (κ1) is 25.9. The van der Waals surface area contributed by atoms with Crippen molar-refractivity contribution in [3.05, 3.63) is 57.2 Å². The molecular weight excluding hydrogens is 545 g/mol. The Kier molecular flexibility index (Phi) is 11.1. The number of likely N-dealkylation sites (tertiary alicyclic amines) is 1. The molecule has 0 unspecified atom stereocenters. The molecule has 3 rings (SSSR count). The van der Waals surface area contributed by atoms with Crippen molar-refractivity contribution >= 4 is 58.8 Å². The van der Waals surface area contributed by atoms with Gasteiger partial charge in [0.05, 0.1) is 6.54 Å². The monoisotopic (exact) mass is 575 g/mol. The maximum Gasteiger partial charge on any atom is 0.243 e. The van der Waals surface area contributed by atoms with Crippen molar-refractivity contribution in [2.75, 3.05) is 33.7 Å². The van der Waals surface area contributed by atoms with Crippen LogP contribution >= 0.6 is 46.9 Å². The Morgan fingerprint density at radius 1 is 1.23 bits per heavy atom. The largest absolute Gasteiger partial charge is 0.354 e. The van der Waals surface area contributed by atoms with Crippen molar-refractivity contribution in [3.63, 3.8) is 0 Å². The second-order valence-corrected chi connectivity index (χ2v) is 9.18. The second-order valence-electron chi connectivity index (χ2n) is 7.71. The van der Waals surface area contributed by atoms with E-state index in [1.807, 2.05) is 18.2 Å². The van der Waals surface area contributed by atoms with E-state index in [1.54, 1.807) is 30.3 Å². The van der Waals surface area contributed by atoms with Gasteiger partial charge < -0.3 is 15.5 Å². The molecule has 0 radical (unpaired) electrons. The van der Waals surface area contributed by atoms with E-state index in [2.05, 4.69) is 44.1 Å². The number of rotatable bonds is 7. The molecule has 0 aliphatic carbocycles. The first-order chi connectivity index (χ1) is 14.5. The van der Waals surface area contributed by atoms with Crippen LogP contribution in [0.2, 0.25) is 5.02 Å². The normalized spacial score (nSPS) is 15.3. The van der Waals surface area contributed by atoms with E-state index in [4.69, 9.17) is 11.6 Å². The van der Waals surface area contributed by atoms with Gasteiger partial charge >= 0.3 is 0 Å². The Labute approximate surface area is 211 Å². The van der Waals surface area contributed by atoms with Crippen molar-refractivity contribution in [2.24, 2.45) is 4.99 Å². The van der Waals surface area contributed by atoms with Gasteiger partial charge in [0.1, 0.15) is 6.54 Å². The van der Waals surface area contributed by atoms with Crippen LogP contribution in [0.5, 0.6) is 0 Å². The van der Waals surface area contributed by atoms with Crippen LogP contribution in [-0.2, 0) is 17.9 Å². The summed E-state index contributed by atoms with van der Waals surface area (Å²) in [6.45, 7) is 3.83. The Morgan fingerprint density at radius 3 is 2.55 bits per heavy atom. The van der Waals surface area contributed by atoms with Gasteiger partial charge in [-0.1, -0.05) is 29.8 Å². The van der Waals surface area contributed by atoms with Crippen LogP contribution in [0.25, 0.3) is 0 Å². The van der Waals surface area contributed by atoms with E-state index >= 15 is 0 Å². The summed E-state index contributed by atoms with van der Waals surface area (Å²) in [4.78, 5) is 21.7. The van der Waals surface area contributed by atoms with Gasteiger partial charge in [0.25, 0.3) is 0 Å². The summed E-state index contributed by atoms with van der Waals surface area (Å²) < 4.78 is 0. The average Bonchev–Trinajstić information content (AvgIpc) is 3.26. The van der Waals surface area contributed by atoms with E-state index in [1.165, 1.54) is 10.4 Å². The highest BCUT2D eigenvalue weighted by molar-refractivity contribution is 14.0. The number of halogens is 2. The van der Waals surface area contributed by atoms with Crippen molar-refractivity contribution < 1.29 is 4.79 Å². The number of piperidine rings is 1. The lowest BCUT2D eigenvalue weighted by Crippen LogP contribution is -2.48. The molecular formula is C22H31ClIN5OS. The molecule has 170 valence electrons. The third-order valence-electron chi connectivity index (χ3n) is 5.13. The second kappa shape index (κ2) is 13.2. The number of benzene rings is 1. The number of likely N-dealkylation sites (N-methyl/N-ethyl adjacent to an activating group) is 1. The smallest absolute Gasteiger partial charge is 0.243 e. The summed E-state index contributed by atoms with van der Waals surface area (Å²) >= 11 is 7.69. The highest BCUT2D eigenvalue weighted by Crippen LogP contribution is 2.16. The third-order valence-corrected chi connectivity index (χ3v) is 6.26. The number of nitrogens with one attached hydrogen (secondary N) is 2. The average molecular weight is 576 g/mol. The molecule has 1 amide bonds. The summed E-state index contributed by atoms with van der Waals surface area (Å²) in [5.41, 5.74) is 1.29. The van der Waals surface area contributed by atoms with Crippen LogP contribution in [0.15, 0.2) is 46.8 Å². The van der Waals surface area contributed by atoms with E-state index < -0.39 is 0 Å². The first-order valence-corrected chi connectivity index (χ1v) is 11.5. The quantitative estimate of drug-likeness (QED) is 0.300. The zero-order chi connectivity index (χ0) is 21.3. The van der Waals surface area contributed by atoms with E-state index in [-0.39, 0.29) is 36.4 Å². The number of amides is 1. The number of aliphatic imine (C=N–C) groups is 1. The van der Waals surface area contributed by atoms with Crippen molar-refractivity contribution in [1.29, 1.82) is 0 Å². The molecule has 2 N–H and O–H groups in total. The number of guanidine groups is 1.